The Morgan fingerprint density at radius 3 is 2.79 bits per heavy atom. The Morgan fingerprint density at radius 1 is 1.58 bits per heavy atom. The number of rotatable bonds is 2. The van der Waals surface area contributed by atoms with Gasteiger partial charge in [0.15, 0.2) is 0 Å². The number of amides is 1. The van der Waals surface area contributed by atoms with Gasteiger partial charge in [0.2, 0.25) is 0 Å². The normalized spacial score (nSPS) is 22.2. The number of hydrogen-bond donors (Lipinski definition) is 0. The SMILES string of the molecule is CC1(C)CS(=O)CCN1C(=O)c1csc([N+](=O)[O-])c1. The Labute approximate surface area is 117 Å². The molecule has 1 unspecified atom stereocenters. The lowest BCUT2D eigenvalue weighted by molar-refractivity contribution is -0.380. The molecule has 2 rings (SSSR count). The van der Waals surface area contributed by atoms with Crippen LogP contribution < -0.4 is 0 Å². The lowest BCUT2D eigenvalue weighted by Crippen LogP contribution is -2.56. The van der Waals surface area contributed by atoms with E-state index in [1.165, 1.54) is 11.4 Å². The van der Waals surface area contributed by atoms with Crippen LogP contribution in [0.2, 0.25) is 0 Å². The van der Waals surface area contributed by atoms with Crippen LogP contribution in [0.25, 0.3) is 0 Å². The quantitative estimate of drug-likeness (QED) is 0.614. The molecule has 19 heavy (non-hydrogen) atoms. The third kappa shape index (κ3) is 2.84. The molecular formula is C11H14N2O4S2. The van der Waals surface area contributed by atoms with Crippen molar-refractivity contribution in [2.75, 3.05) is 18.1 Å². The Kier molecular flexibility index (Phi) is 3.73. The van der Waals surface area contributed by atoms with Gasteiger partial charge in [-0.3, -0.25) is 19.1 Å². The fraction of sp³-hybridized carbons (Fsp3) is 0.545. The van der Waals surface area contributed by atoms with Crippen molar-refractivity contribution in [2.24, 2.45) is 0 Å². The molecule has 1 saturated heterocycles. The van der Waals surface area contributed by atoms with Gasteiger partial charge in [0.25, 0.3) is 5.91 Å². The zero-order valence-corrected chi connectivity index (χ0v) is 12.3. The van der Waals surface area contributed by atoms with E-state index in [1.807, 2.05) is 13.8 Å². The predicted molar refractivity (Wildman–Crippen MR) is 74.0 cm³/mol. The summed E-state index contributed by atoms with van der Waals surface area (Å²) in [6.07, 6.45) is 0. The number of nitrogens with zero attached hydrogens (tertiary/aromatic N) is 2. The number of hydrogen-bond acceptors (Lipinski definition) is 5. The average molecular weight is 302 g/mol. The molecule has 1 aromatic heterocycles. The molecule has 0 radical (unpaired) electrons. The highest BCUT2D eigenvalue weighted by Gasteiger charge is 2.37. The summed E-state index contributed by atoms with van der Waals surface area (Å²) in [6.45, 7) is 4.15. The Bertz CT molecular complexity index is 553. The summed E-state index contributed by atoms with van der Waals surface area (Å²) < 4.78 is 11.6. The van der Waals surface area contributed by atoms with Crippen molar-refractivity contribution >= 4 is 33.0 Å². The molecule has 0 saturated carbocycles. The van der Waals surface area contributed by atoms with Crippen molar-refractivity contribution in [3.8, 4) is 0 Å². The van der Waals surface area contributed by atoms with Crippen LogP contribution in [-0.2, 0) is 10.8 Å². The standard InChI is InChI=1S/C11H14N2O4S2/c1-11(2)7-19(17)4-3-12(11)10(14)8-5-9(13(15)16)18-6-8/h5-6H,3-4,7H2,1-2H3. The fourth-order valence-corrected chi connectivity index (χ4v) is 4.28. The Morgan fingerprint density at radius 2 is 2.26 bits per heavy atom. The van der Waals surface area contributed by atoms with Crippen molar-refractivity contribution in [3.05, 3.63) is 27.1 Å². The summed E-state index contributed by atoms with van der Waals surface area (Å²) in [5.74, 6) is 0.665. The molecule has 1 amide bonds. The van der Waals surface area contributed by atoms with E-state index >= 15 is 0 Å². The zero-order chi connectivity index (χ0) is 14.2. The van der Waals surface area contributed by atoms with Crippen LogP contribution in [0.1, 0.15) is 24.2 Å². The first-order valence-electron chi connectivity index (χ1n) is 5.71. The smallest absolute Gasteiger partial charge is 0.324 e. The topological polar surface area (TPSA) is 80.5 Å². The van der Waals surface area contributed by atoms with E-state index in [9.17, 15) is 19.1 Å². The van der Waals surface area contributed by atoms with Gasteiger partial charge in [0, 0.05) is 45.8 Å². The molecule has 1 aliphatic heterocycles. The highest BCUT2D eigenvalue weighted by molar-refractivity contribution is 7.85. The molecular weight excluding hydrogens is 288 g/mol. The van der Waals surface area contributed by atoms with Gasteiger partial charge in [-0.2, -0.15) is 0 Å². The van der Waals surface area contributed by atoms with Gasteiger partial charge in [0.05, 0.1) is 10.5 Å². The number of carbonyl (C=O) groups is 1. The lowest BCUT2D eigenvalue weighted by atomic mass is 10.0. The second-order valence-corrected chi connectivity index (χ2v) is 7.45. The Hall–Kier alpha value is -1.28. The van der Waals surface area contributed by atoms with Crippen molar-refractivity contribution in [3.63, 3.8) is 0 Å². The van der Waals surface area contributed by atoms with Gasteiger partial charge in [-0.15, -0.1) is 0 Å². The van der Waals surface area contributed by atoms with E-state index in [-0.39, 0.29) is 10.9 Å². The predicted octanol–water partition coefficient (Wildman–Crippen LogP) is 1.64. The summed E-state index contributed by atoms with van der Waals surface area (Å²) in [7, 11) is -0.905. The molecule has 1 aliphatic rings. The molecule has 1 aromatic rings. The maximum atomic E-state index is 12.4. The maximum Gasteiger partial charge on any atom is 0.324 e. The van der Waals surface area contributed by atoms with E-state index in [0.717, 1.165) is 11.3 Å². The minimum absolute atomic E-state index is 0.0401. The lowest BCUT2D eigenvalue weighted by Gasteiger charge is -2.41. The number of nitro groups is 1. The first-order valence-corrected chi connectivity index (χ1v) is 8.08. The molecule has 104 valence electrons. The van der Waals surface area contributed by atoms with Gasteiger partial charge in [-0.05, 0) is 13.8 Å². The molecule has 0 spiro atoms. The summed E-state index contributed by atoms with van der Waals surface area (Å²) in [6, 6.07) is 1.30. The Balaban J connectivity index is 2.23. The summed E-state index contributed by atoms with van der Waals surface area (Å²) in [5, 5.41) is 12.1. The first kappa shape index (κ1) is 14.1. The van der Waals surface area contributed by atoms with Crippen LogP contribution in [0.3, 0.4) is 0 Å². The second-order valence-electron chi connectivity index (χ2n) is 4.99. The molecule has 1 fully saturated rings. The van der Waals surface area contributed by atoms with Crippen LogP contribution in [0.15, 0.2) is 11.4 Å². The fourth-order valence-electron chi connectivity index (χ4n) is 2.10. The zero-order valence-electron chi connectivity index (χ0n) is 10.6. The number of carbonyl (C=O) groups excluding carboxylic acids is 1. The van der Waals surface area contributed by atoms with E-state index in [4.69, 9.17) is 0 Å². The molecule has 8 heteroatoms. The van der Waals surface area contributed by atoms with Gasteiger partial charge in [-0.25, -0.2) is 0 Å². The number of thiophene rings is 1. The van der Waals surface area contributed by atoms with Crippen LogP contribution in [-0.4, -0.2) is 43.5 Å². The molecule has 0 aromatic carbocycles. The van der Waals surface area contributed by atoms with Crippen LogP contribution >= 0.6 is 11.3 Å². The van der Waals surface area contributed by atoms with Crippen molar-refractivity contribution in [2.45, 2.75) is 19.4 Å². The third-order valence-corrected chi connectivity index (χ3v) is 5.59. The summed E-state index contributed by atoms with van der Waals surface area (Å²) >= 11 is 0.944. The summed E-state index contributed by atoms with van der Waals surface area (Å²) in [5.41, 5.74) is -0.158. The highest BCUT2D eigenvalue weighted by atomic mass is 32.2. The maximum absolute atomic E-state index is 12.4. The van der Waals surface area contributed by atoms with Gasteiger partial charge in [0.1, 0.15) is 0 Å². The van der Waals surface area contributed by atoms with Gasteiger partial charge < -0.3 is 4.90 Å². The van der Waals surface area contributed by atoms with Gasteiger partial charge in [-0.1, -0.05) is 11.3 Å². The van der Waals surface area contributed by atoms with E-state index in [1.54, 1.807) is 4.90 Å². The summed E-state index contributed by atoms with van der Waals surface area (Å²) in [4.78, 5) is 24.2. The van der Waals surface area contributed by atoms with E-state index < -0.39 is 21.3 Å². The van der Waals surface area contributed by atoms with E-state index in [2.05, 4.69) is 0 Å². The third-order valence-electron chi connectivity index (χ3n) is 3.05. The van der Waals surface area contributed by atoms with Crippen LogP contribution in [0.5, 0.6) is 0 Å². The van der Waals surface area contributed by atoms with Gasteiger partial charge >= 0.3 is 5.00 Å². The average Bonchev–Trinajstić information content (AvgIpc) is 2.76. The highest BCUT2D eigenvalue weighted by Crippen LogP contribution is 2.27. The second kappa shape index (κ2) is 5.01. The molecule has 1 atom stereocenters. The van der Waals surface area contributed by atoms with Crippen LogP contribution in [0, 0.1) is 10.1 Å². The van der Waals surface area contributed by atoms with E-state index in [0.29, 0.717) is 23.6 Å². The largest absolute Gasteiger partial charge is 0.332 e. The first-order chi connectivity index (χ1) is 8.81. The molecule has 0 aliphatic carbocycles. The van der Waals surface area contributed by atoms with Crippen molar-refractivity contribution < 1.29 is 13.9 Å². The minimum atomic E-state index is -0.905. The molecule has 0 bridgehead atoms. The molecule has 2 heterocycles. The monoisotopic (exact) mass is 302 g/mol. The van der Waals surface area contributed by atoms with Crippen molar-refractivity contribution in [1.82, 2.24) is 4.90 Å². The molecule has 6 nitrogen and oxygen atoms in total. The molecule has 0 N–H and O–H groups in total. The van der Waals surface area contributed by atoms with Crippen molar-refractivity contribution in [1.29, 1.82) is 0 Å². The van der Waals surface area contributed by atoms with Crippen LogP contribution in [0.4, 0.5) is 5.00 Å². The minimum Gasteiger partial charge on any atom is -0.332 e.